The third-order valence-corrected chi connectivity index (χ3v) is 6.14. The van der Waals surface area contributed by atoms with Crippen LogP contribution in [-0.2, 0) is 10.2 Å². The van der Waals surface area contributed by atoms with Crippen molar-refractivity contribution in [3.63, 3.8) is 0 Å². The van der Waals surface area contributed by atoms with Gasteiger partial charge in [0.05, 0.1) is 6.61 Å². The minimum Gasteiger partial charge on any atom is -0.383 e. The van der Waals surface area contributed by atoms with Gasteiger partial charge in [0, 0.05) is 28.8 Å². The molecule has 1 saturated carbocycles. The van der Waals surface area contributed by atoms with Crippen molar-refractivity contribution in [2.75, 3.05) is 26.8 Å². The van der Waals surface area contributed by atoms with Gasteiger partial charge < -0.3 is 10.1 Å². The van der Waals surface area contributed by atoms with E-state index in [1.165, 1.54) is 4.88 Å². The van der Waals surface area contributed by atoms with E-state index < -0.39 is 0 Å². The van der Waals surface area contributed by atoms with E-state index in [4.69, 9.17) is 4.74 Å². The molecule has 3 heteroatoms. The molecule has 0 aromatic carbocycles. The largest absolute Gasteiger partial charge is 0.383 e. The maximum Gasteiger partial charge on any atom is 0.0587 e. The van der Waals surface area contributed by atoms with Gasteiger partial charge in [0.15, 0.2) is 0 Å². The number of hydrogen-bond donors (Lipinski definition) is 1. The van der Waals surface area contributed by atoms with E-state index in [-0.39, 0.29) is 0 Å². The van der Waals surface area contributed by atoms with Crippen LogP contribution in [0.5, 0.6) is 0 Å². The van der Waals surface area contributed by atoms with Gasteiger partial charge in [-0.15, -0.1) is 11.3 Å². The summed E-state index contributed by atoms with van der Waals surface area (Å²) in [7, 11) is 1.75. The molecule has 0 bridgehead atoms. The zero-order chi connectivity index (χ0) is 13.4. The molecule has 1 aliphatic rings. The zero-order valence-electron chi connectivity index (χ0n) is 12.2. The van der Waals surface area contributed by atoms with Crippen molar-refractivity contribution in [1.82, 2.24) is 5.32 Å². The van der Waals surface area contributed by atoms with E-state index in [9.17, 15) is 0 Å². The van der Waals surface area contributed by atoms with Gasteiger partial charge >= 0.3 is 0 Å². The molecule has 2 unspecified atom stereocenters. The van der Waals surface area contributed by atoms with Gasteiger partial charge in [0.2, 0.25) is 0 Å². The maximum atomic E-state index is 5.08. The first-order chi connectivity index (χ1) is 8.44. The van der Waals surface area contributed by atoms with Crippen molar-refractivity contribution in [2.45, 2.75) is 33.1 Å². The molecule has 1 heterocycles. The van der Waals surface area contributed by atoms with E-state index in [2.05, 4.69) is 45.1 Å². The van der Waals surface area contributed by atoms with Crippen molar-refractivity contribution in [3.8, 4) is 0 Å². The maximum absolute atomic E-state index is 5.08. The molecule has 1 aromatic heterocycles. The van der Waals surface area contributed by atoms with Crippen molar-refractivity contribution in [1.29, 1.82) is 0 Å². The van der Waals surface area contributed by atoms with Crippen LogP contribution in [0.4, 0.5) is 0 Å². The third kappa shape index (κ3) is 2.13. The predicted molar refractivity (Wildman–Crippen MR) is 78.4 cm³/mol. The SMILES string of the molecule is COCCNCC1C(C)(C)C1(C)c1ccc(C)s1. The van der Waals surface area contributed by atoms with Crippen molar-refractivity contribution >= 4 is 11.3 Å². The Balaban J connectivity index is 2.01. The molecular weight excluding hydrogens is 242 g/mol. The molecule has 2 atom stereocenters. The van der Waals surface area contributed by atoms with Gasteiger partial charge in [-0.2, -0.15) is 0 Å². The topological polar surface area (TPSA) is 21.3 Å². The molecule has 1 aromatic rings. The standard InChI is InChI=1S/C15H25NOS/c1-11-6-7-13(18-11)15(4)12(14(15,2)3)10-16-8-9-17-5/h6-7,12,16H,8-10H2,1-5H3. The normalized spacial score (nSPS) is 29.5. The second-order valence-electron chi connectivity index (χ2n) is 6.08. The van der Waals surface area contributed by atoms with Crippen LogP contribution in [0.1, 0.15) is 30.5 Å². The summed E-state index contributed by atoms with van der Waals surface area (Å²) >= 11 is 1.95. The molecule has 1 fully saturated rings. The quantitative estimate of drug-likeness (QED) is 0.799. The number of rotatable bonds is 6. The van der Waals surface area contributed by atoms with Crippen LogP contribution in [-0.4, -0.2) is 26.8 Å². The van der Waals surface area contributed by atoms with Crippen LogP contribution in [0, 0.1) is 18.3 Å². The van der Waals surface area contributed by atoms with E-state index in [1.54, 1.807) is 12.0 Å². The van der Waals surface area contributed by atoms with Crippen LogP contribution in [0.15, 0.2) is 12.1 Å². The average Bonchev–Trinajstić information content (AvgIpc) is 2.68. The van der Waals surface area contributed by atoms with Gasteiger partial charge in [0.1, 0.15) is 0 Å². The second-order valence-corrected chi connectivity index (χ2v) is 7.37. The Morgan fingerprint density at radius 1 is 1.33 bits per heavy atom. The van der Waals surface area contributed by atoms with Gasteiger partial charge in [-0.3, -0.25) is 0 Å². The van der Waals surface area contributed by atoms with Crippen LogP contribution in [0.2, 0.25) is 0 Å². The summed E-state index contributed by atoms with van der Waals surface area (Å²) in [5.74, 6) is 0.722. The number of nitrogens with one attached hydrogen (secondary N) is 1. The predicted octanol–water partition coefficient (Wildman–Crippen LogP) is 3.21. The van der Waals surface area contributed by atoms with Gasteiger partial charge in [-0.25, -0.2) is 0 Å². The molecule has 18 heavy (non-hydrogen) atoms. The molecule has 0 amide bonds. The lowest BCUT2D eigenvalue weighted by Gasteiger charge is -2.12. The van der Waals surface area contributed by atoms with Crippen LogP contribution < -0.4 is 5.32 Å². The Labute approximate surface area is 115 Å². The molecule has 102 valence electrons. The van der Waals surface area contributed by atoms with Gasteiger partial charge in [-0.1, -0.05) is 20.8 Å². The summed E-state index contributed by atoms with van der Waals surface area (Å²) in [5.41, 5.74) is 0.733. The van der Waals surface area contributed by atoms with E-state index >= 15 is 0 Å². The summed E-state index contributed by atoms with van der Waals surface area (Å²) in [6.45, 7) is 12.2. The number of ether oxygens (including phenoxy) is 1. The van der Waals surface area contributed by atoms with Gasteiger partial charge in [0.25, 0.3) is 0 Å². The minimum absolute atomic E-state index is 0.339. The first-order valence-corrected chi connectivity index (χ1v) is 7.53. The lowest BCUT2D eigenvalue weighted by Crippen LogP contribution is -2.23. The number of aryl methyl sites for hydroxylation is 1. The average molecular weight is 267 g/mol. The fraction of sp³-hybridized carbons (Fsp3) is 0.733. The Morgan fingerprint density at radius 3 is 2.61 bits per heavy atom. The second kappa shape index (κ2) is 4.95. The monoisotopic (exact) mass is 267 g/mol. The Hall–Kier alpha value is -0.380. The fourth-order valence-corrected chi connectivity index (χ4v) is 4.42. The van der Waals surface area contributed by atoms with Crippen LogP contribution in [0.3, 0.4) is 0 Å². The summed E-state index contributed by atoms with van der Waals surface area (Å²) in [6, 6.07) is 4.56. The number of methoxy groups -OCH3 is 1. The lowest BCUT2D eigenvalue weighted by molar-refractivity contribution is 0.198. The van der Waals surface area contributed by atoms with E-state index in [0.29, 0.717) is 10.8 Å². The van der Waals surface area contributed by atoms with Crippen molar-refractivity contribution in [3.05, 3.63) is 21.9 Å². The molecular formula is C15H25NOS. The highest BCUT2D eigenvalue weighted by molar-refractivity contribution is 7.12. The lowest BCUT2D eigenvalue weighted by atomic mass is 9.96. The number of thiophene rings is 1. The van der Waals surface area contributed by atoms with Gasteiger partial charge in [-0.05, 0) is 36.9 Å². The molecule has 2 rings (SSSR count). The van der Waals surface area contributed by atoms with Crippen molar-refractivity contribution in [2.24, 2.45) is 11.3 Å². The molecule has 1 aliphatic carbocycles. The van der Waals surface area contributed by atoms with Crippen molar-refractivity contribution < 1.29 is 4.74 Å². The molecule has 0 spiro atoms. The fourth-order valence-electron chi connectivity index (χ4n) is 3.18. The Bertz CT molecular complexity index is 412. The van der Waals surface area contributed by atoms with E-state index in [1.807, 2.05) is 11.3 Å². The van der Waals surface area contributed by atoms with E-state index in [0.717, 1.165) is 25.6 Å². The molecule has 1 N–H and O–H groups in total. The summed E-state index contributed by atoms with van der Waals surface area (Å²) in [6.07, 6.45) is 0. The van der Waals surface area contributed by atoms with Crippen LogP contribution in [0.25, 0.3) is 0 Å². The highest BCUT2D eigenvalue weighted by atomic mass is 32.1. The Kier molecular flexibility index (Phi) is 3.86. The Morgan fingerprint density at radius 2 is 2.06 bits per heavy atom. The molecule has 0 radical (unpaired) electrons. The third-order valence-electron chi connectivity index (χ3n) is 4.91. The highest BCUT2D eigenvalue weighted by Gasteiger charge is 2.68. The molecule has 0 aliphatic heterocycles. The number of hydrogen-bond acceptors (Lipinski definition) is 3. The highest BCUT2D eigenvalue weighted by Crippen LogP contribution is 2.69. The molecule has 0 saturated heterocycles. The summed E-state index contributed by atoms with van der Waals surface area (Å²) in [4.78, 5) is 2.96. The minimum atomic E-state index is 0.339. The smallest absolute Gasteiger partial charge is 0.0587 e. The summed E-state index contributed by atoms with van der Waals surface area (Å²) in [5, 5.41) is 3.52. The van der Waals surface area contributed by atoms with Crippen LogP contribution >= 0.6 is 11.3 Å². The first-order valence-electron chi connectivity index (χ1n) is 6.71. The first kappa shape index (κ1) is 14.0. The summed E-state index contributed by atoms with van der Waals surface area (Å²) < 4.78 is 5.08. The zero-order valence-corrected chi connectivity index (χ0v) is 13.0. The molecule has 2 nitrogen and oxygen atoms in total.